The van der Waals surface area contributed by atoms with Crippen LogP contribution in [0.1, 0.15) is 39.0 Å². The highest BCUT2D eigenvalue weighted by Gasteiger charge is 2.33. The number of hydrogen-bond donors (Lipinski definition) is 2. The molecule has 0 aliphatic heterocycles. The van der Waals surface area contributed by atoms with Crippen molar-refractivity contribution in [2.75, 3.05) is 13.1 Å². The Kier molecular flexibility index (Phi) is 3.45. The molecule has 0 aromatic heterocycles. The van der Waals surface area contributed by atoms with Gasteiger partial charge < -0.3 is 11.1 Å². The van der Waals surface area contributed by atoms with Crippen molar-refractivity contribution in [2.45, 2.75) is 45.1 Å². The lowest BCUT2D eigenvalue weighted by atomic mass is 9.79. The minimum Gasteiger partial charge on any atom is -0.330 e. The van der Waals surface area contributed by atoms with Crippen molar-refractivity contribution in [2.24, 2.45) is 23.5 Å². The number of nitrogens with two attached hydrogens (primary N) is 1. The second kappa shape index (κ2) is 4.63. The Morgan fingerprint density at radius 2 is 1.86 bits per heavy atom. The van der Waals surface area contributed by atoms with Gasteiger partial charge in [-0.3, -0.25) is 0 Å². The first-order valence-corrected chi connectivity index (χ1v) is 6.24. The Morgan fingerprint density at radius 1 is 1.21 bits per heavy atom. The van der Waals surface area contributed by atoms with E-state index in [1.165, 1.54) is 38.6 Å². The largest absolute Gasteiger partial charge is 0.330 e. The molecule has 2 aliphatic carbocycles. The molecule has 0 saturated heterocycles. The number of rotatable bonds is 4. The first-order chi connectivity index (χ1) is 6.81. The van der Waals surface area contributed by atoms with Crippen LogP contribution in [-0.4, -0.2) is 19.1 Å². The Morgan fingerprint density at radius 3 is 2.43 bits per heavy atom. The van der Waals surface area contributed by atoms with Crippen molar-refractivity contribution >= 4 is 0 Å². The molecule has 0 heterocycles. The molecule has 14 heavy (non-hydrogen) atoms. The average molecular weight is 196 g/mol. The molecule has 0 bridgehead atoms. The van der Waals surface area contributed by atoms with E-state index in [9.17, 15) is 0 Å². The van der Waals surface area contributed by atoms with E-state index in [2.05, 4.69) is 12.2 Å². The summed E-state index contributed by atoms with van der Waals surface area (Å²) in [4.78, 5) is 0. The summed E-state index contributed by atoms with van der Waals surface area (Å²) in [5, 5.41) is 3.68. The molecular formula is C12H24N2. The summed E-state index contributed by atoms with van der Waals surface area (Å²) in [6.07, 6.45) is 6.97. The van der Waals surface area contributed by atoms with Crippen LogP contribution in [0, 0.1) is 17.8 Å². The van der Waals surface area contributed by atoms with Crippen molar-refractivity contribution in [3.05, 3.63) is 0 Å². The Bertz CT molecular complexity index is 181. The Hall–Kier alpha value is -0.0800. The third-order valence-electron chi connectivity index (χ3n) is 4.12. The molecule has 0 radical (unpaired) electrons. The van der Waals surface area contributed by atoms with Crippen molar-refractivity contribution in [3.8, 4) is 0 Å². The van der Waals surface area contributed by atoms with Gasteiger partial charge in [-0.25, -0.2) is 0 Å². The van der Waals surface area contributed by atoms with Gasteiger partial charge in [-0.2, -0.15) is 0 Å². The van der Waals surface area contributed by atoms with Crippen molar-refractivity contribution < 1.29 is 0 Å². The summed E-state index contributed by atoms with van der Waals surface area (Å²) in [5.74, 6) is 2.58. The fraction of sp³-hybridized carbons (Fsp3) is 1.00. The van der Waals surface area contributed by atoms with Gasteiger partial charge >= 0.3 is 0 Å². The fourth-order valence-corrected chi connectivity index (χ4v) is 2.77. The molecule has 2 fully saturated rings. The van der Waals surface area contributed by atoms with Gasteiger partial charge in [0.2, 0.25) is 0 Å². The Balaban J connectivity index is 1.71. The van der Waals surface area contributed by atoms with Crippen LogP contribution in [0.5, 0.6) is 0 Å². The van der Waals surface area contributed by atoms with Crippen LogP contribution < -0.4 is 11.1 Å². The molecule has 4 unspecified atom stereocenters. The van der Waals surface area contributed by atoms with Gasteiger partial charge in [0.25, 0.3) is 0 Å². The first-order valence-electron chi connectivity index (χ1n) is 6.24. The third kappa shape index (κ3) is 2.48. The van der Waals surface area contributed by atoms with Gasteiger partial charge in [-0.15, -0.1) is 0 Å². The molecule has 2 aliphatic rings. The molecule has 0 spiro atoms. The summed E-state index contributed by atoms with van der Waals surface area (Å²) in [7, 11) is 0. The van der Waals surface area contributed by atoms with Crippen LogP contribution in [-0.2, 0) is 0 Å². The maximum atomic E-state index is 5.82. The minimum atomic E-state index is 0.797. The molecule has 2 heteroatoms. The standard InChI is InChI=1S/C12H24N2/c1-9-6-12(9)14-8-11-5-3-2-4-10(11)7-13/h9-12,14H,2-8,13H2,1H3. The molecule has 0 aromatic carbocycles. The smallest absolute Gasteiger partial charge is 0.00965 e. The quantitative estimate of drug-likeness (QED) is 0.719. The summed E-state index contributed by atoms with van der Waals surface area (Å²) >= 11 is 0. The molecule has 2 rings (SSSR count). The monoisotopic (exact) mass is 196 g/mol. The molecule has 0 aromatic rings. The van der Waals surface area contributed by atoms with E-state index in [1.807, 2.05) is 0 Å². The van der Waals surface area contributed by atoms with E-state index in [-0.39, 0.29) is 0 Å². The van der Waals surface area contributed by atoms with Crippen LogP contribution in [0.25, 0.3) is 0 Å². The minimum absolute atomic E-state index is 0.797. The summed E-state index contributed by atoms with van der Waals surface area (Å²) < 4.78 is 0. The second-order valence-corrected chi connectivity index (χ2v) is 5.27. The van der Waals surface area contributed by atoms with E-state index in [1.54, 1.807) is 0 Å². The second-order valence-electron chi connectivity index (χ2n) is 5.27. The topological polar surface area (TPSA) is 38.0 Å². The van der Waals surface area contributed by atoms with E-state index < -0.39 is 0 Å². The highest BCUT2D eigenvalue weighted by molar-refractivity contribution is 4.91. The normalized spacial score (nSPS) is 42.4. The van der Waals surface area contributed by atoms with Gasteiger partial charge in [-0.05, 0) is 50.1 Å². The maximum Gasteiger partial charge on any atom is 0.00965 e. The van der Waals surface area contributed by atoms with Gasteiger partial charge in [0.1, 0.15) is 0 Å². The van der Waals surface area contributed by atoms with Crippen LogP contribution in [0.4, 0.5) is 0 Å². The van der Waals surface area contributed by atoms with Crippen molar-refractivity contribution in [1.29, 1.82) is 0 Å². The van der Waals surface area contributed by atoms with Crippen LogP contribution in [0.2, 0.25) is 0 Å². The lowest BCUT2D eigenvalue weighted by molar-refractivity contribution is 0.235. The zero-order valence-corrected chi connectivity index (χ0v) is 9.34. The van der Waals surface area contributed by atoms with Crippen molar-refractivity contribution in [1.82, 2.24) is 5.32 Å². The summed E-state index contributed by atoms with van der Waals surface area (Å²) in [5.41, 5.74) is 5.82. The lowest BCUT2D eigenvalue weighted by Crippen LogP contribution is -2.35. The number of nitrogens with one attached hydrogen (secondary N) is 1. The van der Waals surface area contributed by atoms with E-state index >= 15 is 0 Å². The van der Waals surface area contributed by atoms with Gasteiger partial charge in [0, 0.05) is 6.04 Å². The zero-order valence-electron chi connectivity index (χ0n) is 9.34. The first kappa shape index (κ1) is 10.4. The van der Waals surface area contributed by atoms with E-state index in [0.29, 0.717) is 0 Å². The zero-order chi connectivity index (χ0) is 9.97. The fourth-order valence-electron chi connectivity index (χ4n) is 2.77. The summed E-state index contributed by atoms with van der Waals surface area (Å²) in [6, 6.07) is 0.829. The molecular weight excluding hydrogens is 172 g/mol. The highest BCUT2D eigenvalue weighted by atomic mass is 15.0. The molecule has 2 saturated carbocycles. The van der Waals surface area contributed by atoms with Gasteiger partial charge in [0.15, 0.2) is 0 Å². The lowest BCUT2D eigenvalue weighted by Gasteiger charge is -2.30. The van der Waals surface area contributed by atoms with Gasteiger partial charge in [0.05, 0.1) is 0 Å². The molecule has 0 amide bonds. The number of hydrogen-bond acceptors (Lipinski definition) is 2. The SMILES string of the molecule is CC1CC1NCC1CCCCC1CN. The predicted molar refractivity (Wildman–Crippen MR) is 60.1 cm³/mol. The summed E-state index contributed by atoms with van der Waals surface area (Å²) in [6.45, 7) is 4.45. The van der Waals surface area contributed by atoms with Crippen LogP contribution in [0.15, 0.2) is 0 Å². The van der Waals surface area contributed by atoms with Gasteiger partial charge in [-0.1, -0.05) is 19.8 Å². The van der Waals surface area contributed by atoms with Crippen LogP contribution in [0.3, 0.4) is 0 Å². The average Bonchev–Trinajstić information content (AvgIpc) is 2.92. The van der Waals surface area contributed by atoms with E-state index in [0.717, 1.165) is 30.3 Å². The molecule has 3 N–H and O–H groups in total. The molecule has 4 atom stereocenters. The molecule has 2 nitrogen and oxygen atoms in total. The van der Waals surface area contributed by atoms with Crippen LogP contribution >= 0.6 is 0 Å². The maximum absolute atomic E-state index is 5.82. The van der Waals surface area contributed by atoms with E-state index in [4.69, 9.17) is 5.73 Å². The Labute approximate surface area is 87.6 Å². The molecule has 82 valence electrons. The van der Waals surface area contributed by atoms with Crippen molar-refractivity contribution in [3.63, 3.8) is 0 Å². The predicted octanol–water partition coefficient (Wildman–Crippen LogP) is 1.75. The third-order valence-corrected chi connectivity index (χ3v) is 4.12. The highest BCUT2D eigenvalue weighted by Crippen LogP contribution is 2.32.